The fourth-order valence-corrected chi connectivity index (χ4v) is 96.2. The van der Waals surface area contributed by atoms with Gasteiger partial charge in [0.25, 0.3) is 0 Å². The molecule has 1 heterocycles. The predicted molar refractivity (Wildman–Crippen MR) is 94.2 cm³/mol. The van der Waals surface area contributed by atoms with Crippen LogP contribution < -0.4 is 7.16 Å². The third-order valence-corrected chi connectivity index (χ3v) is 75.6. The molecule has 0 spiro atoms. The molecule has 98 valence electrons. The van der Waals surface area contributed by atoms with Crippen LogP contribution in [0, 0.1) is 0 Å². The Kier molecular flexibility index (Phi) is 4.35. The molecule has 1 aliphatic rings. The molecule has 2 aromatic carbocycles. The monoisotopic (exact) mass is 432 g/mol. The molecule has 0 unspecified atom stereocenters. The first kappa shape index (κ1) is 14.5. The zero-order chi connectivity index (χ0) is 13.3. The van der Waals surface area contributed by atoms with Crippen LogP contribution in [0.4, 0.5) is 0 Å². The van der Waals surface area contributed by atoms with Gasteiger partial charge in [-0.2, -0.15) is 0 Å². The molecule has 0 bridgehead atoms. The van der Waals surface area contributed by atoms with Crippen molar-refractivity contribution in [3.63, 3.8) is 0 Å². The van der Waals surface area contributed by atoms with Gasteiger partial charge in [-0.25, -0.2) is 0 Å². The van der Waals surface area contributed by atoms with E-state index in [4.69, 9.17) is 0 Å². The van der Waals surface area contributed by atoms with Crippen molar-refractivity contribution in [3.05, 3.63) is 60.7 Å². The Bertz CT molecular complexity index is 569. The molecule has 1 fully saturated rings. The second-order valence-electron chi connectivity index (χ2n) is 4.16. The summed E-state index contributed by atoms with van der Waals surface area (Å²) >= 11 is -1.23. The van der Waals surface area contributed by atoms with Crippen LogP contribution in [0.15, 0.2) is 60.7 Å². The third-order valence-electron chi connectivity index (χ3n) is 3.01. The standard InChI is InChI=1S/2C6H5.CH5OPS3.Sn/c2*1-2-4-6-5-3-1;1-6-3(2,4)5;/h2*1-5H;1H3,(H2,2,4,5);/q;;;+2/p-2. The fourth-order valence-electron chi connectivity index (χ4n) is 2.09. The van der Waals surface area contributed by atoms with Crippen LogP contribution in [0.1, 0.15) is 0 Å². The molecular weight excluding hydrogens is 418 g/mol. The molecule has 1 saturated heterocycles. The molecule has 0 radical (unpaired) electrons. The third kappa shape index (κ3) is 2.67. The summed E-state index contributed by atoms with van der Waals surface area (Å²) in [5.74, 6) is 0. The summed E-state index contributed by atoms with van der Waals surface area (Å²) in [5.41, 5.74) is 0. The first-order valence-electron chi connectivity index (χ1n) is 5.87. The van der Waals surface area contributed by atoms with E-state index in [0.29, 0.717) is 0 Å². The molecule has 0 aliphatic carbocycles. The summed E-state index contributed by atoms with van der Waals surface area (Å²) < 4.78 is 13.3. The van der Waals surface area contributed by atoms with E-state index in [1.165, 1.54) is 18.5 Å². The zero-order valence-electron chi connectivity index (χ0n) is 10.4. The molecule has 0 amide bonds. The summed E-state index contributed by atoms with van der Waals surface area (Å²) in [7, 11) is 3.64. The molecule has 0 aromatic heterocycles. The second-order valence-corrected chi connectivity index (χ2v) is 40.8. The van der Waals surface area contributed by atoms with Gasteiger partial charge in [-0.1, -0.05) is 0 Å². The van der Waals surface area contributed by atoms with E-state index in [-0.39, 0.29) is 0 Å². The van der Waals surface area contributed by atoms with Gasteiger partial charge in [-0.3, -0.25) is 0 Å². The van der Waals surface area contributed by atoms with Crippen molar-refractivity contribution in [2.24, 2.45) is 0 Å². The van der Waals surface area contributed by atoms with Crippen molar-refractivity contribution in [3.8, 4) is 0 Å². The van der Waals surface area contributed by atoms with E-state index in [0.717, 1.165) is 0 Å². The van der Waals surface area contributed by atoms with Gasteiger partial charge in [0.05, 0.1) is 0 Å². The van der Waals surface area contributed by atoms with Crippen molar-refractivity contribution in [2.45, 2.75) is 0 Å². The molecule has 3 rings (SSSR count). The van der Waals surface area contributed by atoms with Crippen LogP contribution in [0.25, 0.3) is 0 Å². The molecule has 6 heteroatoms. The Hall–Kier alpha value is 0.519. The minimum atomic E-state index is -2.77. The Morgan fingerprint density at radius 2 is 1.32 bits per heavy atom. The molecule has 19 heavy (non-hydrogen) atoms. The van der Waals surface area contributed by atoms with Crippen LogP contribution in [-0.4, -0.2) is 21.9 Å². The Balaban J connectivity index is 2.07. The number of benzene rings is 2. The summed E-state index contributed by atoms with van der Waals surface area (Å²) in [5, 5.41) is 0. The van der Waals surface area contributed by atoms with E-state index < -0.39 is 20.4 Å². The summed E-state index contributed by atoms with van der Waals surface area (Å²) in [4.78, 5) is 0. The van der Waals surface area contributed by atoms with Crippen molar-refractivity contribution >= 4 is 56.0 Å². The van der Waals surface area contributed by atoms with E-state index in [1.807, 2.05) is 23.4 Å². The van der Waals surface area contributed by atoms with Gasteiger partial charge in [0, 0.05) is 0 Å². The van der Waals surface area contributed by atoms with E-state index >= 15 is 0 Å². The van der Waals surface area contributed by atoms with Gasteiger partial charge in [0.2, 0.25) is 0 Å². The van der Waals surface area contributed by atoms with Crippen molar-refractivity contribution in [2.75, 3.05) is 6.26 Å². The second kappa shape index (κ2) is 5.72. The van der Waals surface area contributed by atoms with Crippen LogP contribution in [0.2, 0.25) is 0 Å². The molecule has 1 aliphatic heterocycles. The average molecular weight is 431 g/mol. The van der Waals surface area contributed by atoms with Crippen molar-refractivity contribution in [1.82, 2.24) is 0 Å². The summed E-state index contributed by atoms with van der Waals surface area (Å²) in [6.07, 6.45) is 1.96. The molecule has 0 atom stereocenters. The SMILES string of the molecule is CSP1(=O)[S][Sn]([c]2ccccc2)([c]2ccccc2)[S]1. The first-order chi connectivity index (χ1) is 9.19. The fraction of sp³-hybridized carbons (Fsp3) is 0.0769. The Morgan fingerprint density at radius 1 is 0.895 bits per heavy atom. The Labute approximate surface area is 126 Å². The van der Waals surface area contributed by atoms with Crippen LogP contribution in [-0.2, 0) is 4.57 Å². The quantitative estimate of drug-likeness (QED) is 0.536. The average Bonchev–Trinajstić information content (AvgIpc) is 2.45. The van der Waals surface area contributed by atoms with Crippen molar-refractivity contribution in [1.29, 1.82) is 0 Å². The maximum atomic E-state index is 12.5. The van der Waals surface area contributed by atoms with Gasteiger partial charge in [0.1, 0.15) is 0 Å². The first-order valence-corrected chi connectivity index (χ1v) is 22.1. The molecule has 1 nitrogen and oxygen atoms in total. The van der Waals surface area contributed by atoms with Crippen LogP contribution >= 0.6 is 33.3 Å². The van der Waals surface area contributed by atoms with Gasteiger partial charge in [-0.15, -0.1) is 0 Å². The predicted octanol–water partition coefficient (Wildman–Crippen LogP) is 4.19. The zero-order valence-corrected chi connectivity index (χ0v) is 16.6. The molecule has 2 aromatic rings. The van der Waals surface area contributed by atoms with Gasteiger partial charge >= 0.3 is 128 Å². The van der Waals surface area contributed by atoms with Crippen LogP contribution in [0.5, 0.6) is 0 Å². The van der Waals surface area contributed by atoms with Gasteiger partial charge < -0.3 is 0 Å². The summed E-state index contributed by atoms with van der Waals surface area (Å²) in [6.45, 7) is 0. The maximum absolute atomic E-state index is 12.5. The normalized spacial score (nSPS) is 19.6. The van der Waals surface area contributed by atoms with E-state index in [2.05, 4.69) is 60.7 Å². The molecule has 0 N–H and O–H groups in total. The number of hydrogen-bond acceptors (Lipinski definition) is 4. The molecular formula is C13H13OPS3Sn. The van der Waals surface area contributed by atoms with E-state index in [1.54, 1.807) is 0 Å². The Morgan fingerprint density at radius 3 is 1.68 bits per heavy atom. The van der Waals surface area contributed by atoms with Gasteiger partial charge in [-0.05, 0) is 0 Å². The van der Waals surface area contributed by atoms with Gasteiger partial charge in [0.15, 0.2) is 0 Å². The molecule has 0 saturated carbocycles. The summed E-state index contributed by atoms with van der Waals surface area (Å²) in [6, 6.07) is 21.4. The van der Waals surface area contributed by atoms with E-state index in [9.17, 15) is 4.57 Å². The minimum absolute atomic E-state index is 1.43. The van der Waals surface area contributed by atoms with Crippen molar-refractivity contribution < 1.29 is 4.57 Å². The number of hydrogen-bond donors (Lipinski definition) is 0. The topological polar surface area (TPSA) is 17.1 Å². The number of rotatable bonds is 3. The van der Waals surface area contributed by atoms with Crippen LogP contribution in [0.3, 0.4) is 0 Å².